The molecule has 0 saturated carbocycles. The Morgan fingerprint density at radius 2 is 2.24 bits per heavy atom. The van der Waals surface area contributed by atoms with E-state index in [1.54, 1.807) is 25.6 Å². The second-order valence-corrected chi connectivity index (χ2v) is 9.51. The average Bonchev–Trinajstić information content (AvgIpc) is 2.46. The van der Waals surface area contributed by atoms with Gasteiger partial charge in [0, 0.05) is 34.0 Å². The summed E-state index contributed by atoms with van der Waals surface area (Å²) >= 11 is 5.14. The molecular weight excluding hydrogens is 374 g/mol. The maximum absolute atomic E-state index is 12.3. The summed E-state index contributed by atoms with van der Waals surface area (Å²) in [4.78, 5) is 1.96. The van der Waals surface area contributed by atoms with E-state index in [4.69, 9.17) is 0 Å². The van der Waals surface area contributed by atoms with Crippen molar-refractivity contribution >= 4 is 43.2 Å². The van der Waals surface area contributed by atoms with E-state index in [0.717, 1.165) is 28.0 Å². The number of thioether (sulfide) groups is 1. The van der Waals surface area contributed by atoms with E-state index in [1.807, 2.05) is 23.1 Å². The van der Waals surface area contributed by atoms with Crippen LogP contribution in [0.2, 0.25) is 0 Å². The van der Waals surface area contributed by atoms with E-state index in [-0.39, 0.29) is 5.75 Å². The largest absolute Gasteiger partial charge is 0.389 e. The van der Waals surface area contributed by atoms with E-state index in [9.17, 15) is 13.5 Å². The Kier molecular flexibility index (Phi) is 5.62. The van der Waals surface area contributed by atoms with Gasteiger partial charge in [-0.2, -0.15) is 11.8 Å². The monoisotopic (exact) mass is 393 g/mol. The zero-order valence-corrected chi connectivity index (χ0v) is 15.3. The molecule has 118 valence electrons. The van der Waals surface area contributed by atoms with Gasteiger partial charge in [0.1, 0.15) is 5.37 Å². The molecule has 0 radical (unpaired) electrons. The summed E-state index contributed by atoms with van der Waals surface area (Å²) in [6.45, 7) is 4.12. The standard InChI is InChI=1S/C14H20BrNO3S2/c1-3-21(18,19)14-9-20-7-6-16(14)11-4-5-12(10(2)17)13(15)8-11/h4-5,8,10,14,17H,3,6-7,9H2,1-2H3/t10-,14?/m1/s1. The molecule has 1 unspecified atom stereocenters. The highest BCUT2D eigenvalue weighted by Crippen LogP contribution is 2.32. The van der Waals surface area contributed by atoms with Crippen LogP contribution in [0.15, 0.2) is 22.7 Å². The SMILES string of the molecule is CCS(=O)(=O)C1CSCCN1c1ccc([C@@H](C)O)c(Br)c1. The molecule has 2 atom stereocenters. The van der Waals surface area contributed by atoms with E-state index in [0.29, 0.717) is 5.75 Å². The lowest BCUT2D eigenvalue weighted by Gasteiger charge is -2.36. The lowest BCUT2D eigenvalue weighted by Crippen LogP contribution is -2.48. The Bertz CT molecular complexity index is 604. The summed E-state index contributed by atoms with van der Waals surface area (Å²) < 4.78 is 25.4. The molecule has 2 rings (SSSR count). The van der Waals surface area contributed by atoms with E-state index in [1.165, 1.54) is 0 Å². The van der Waals surface area contributed by atoms with Crippen LogP contribution in [-0.4, -0.2) is 42.7 Å². The van der Waals surface area contributed by atoms with Crippen molar-refractivity contribution in [3.63, 3.8) is 0 Å². The number of hydrogen-bond acceptors (Lipinski definition) is 5. The molecule has 0 amide bonds. The fourth-order valence-corrected chi connectivity index (χ4v) is 6.09. The molecule has 1 aromatic rings. The third-order valence-electron chi connectivity index (χ3n) is 3.67. The minimum absolute atomic E-state index is 0.154. The number of aliphatic hydroxyl groups excluding tert-OH is 1. The summed E-state index contributed by atoms with van der Waals surface area (Å²) in [5, 5.41) is 9.22. The van der Waals surface area contributed by atoms with Crippen molar-refractivity contribution < 1.29 is 13.5 Å². The summed E-state index contributed by atoms with van der Waals surface area (Å²) in [6.07, 6.45) is -0.555. The predicted molar refractivity (Wildman–Crippen MR) is 92.7 cm³/mol. The predicted octanol–water partition coefficient (Wildman–Crippen LogP) is 2.82. The number of rotatable bonds is 4. The Balaban J connectivity index is 2.36. The van der Waals surface area contributed by atoms with Crippen LogP contribution >= 0.6 is 27.7 Å². The van der Waals surface area contributed by atoms with Crippen LogP contribution in [0.4, 0.5) is 5.69 Å². The molecule has 1 aliphatic heterocycles. The number of sulfone groups is 1. The molecule has 1 N–H and O–H groups in total. The summed E-state index contributed by atoms with van der Waals surface area (Å²) in [5.74, 6) is 1.68. The number of anilines is 1. The summed E-state index contributed by atoms with van der Waals surface area (Å²) in [7, 11) is -3.12. The van der Waals surface area contributed by atoms with Crippen LogP contribution < -0.4 is 4.90 Å². The normalized spacial score (nSPS) is 21.3. The van der Waals surface area contributed by atoms with Crippen molar-refractivity contribution in [2.75, 3.05) is 28.7 Å². The maximum Gasteiger partial charge on any atom is 0.171 e. The molecule has 0 aromatic heterocycles. The fraction of sp³-hybridized carbons (Fsp3) is 0.571. The Labute approximate surface area is 139 Å². The highest BCUT2D eigenvalue weighted by atomic mass is 79.9. The van der Waals surface area contributed by atoms with Gasteiger partial charge in [0.2, 0.25) is 0 Å². The number of halogens is 1. The van der Waals surface area contributed by atoms with Gasteiger partial charge in [-0.05, 0) is 24.6 Å². The molecule has 7 heteroatoms. The maximum atomic E-state index is 12.3. The van der Waals surface area contributed by atoms with Gasteiger partial charge >= 0.3 is 0 Å². The molecule has 1 aromatic carbocycles. The van der Waals surface area contributed by atoms with Crippen molar-refractivity contribution in [1.29, 1.82) is 0 Å². The first-order chi connectivity index (χ1) is 9.86. The quantitative estimate of drug-likeness (QED) is 0.851. The summed E-state index contributed by atoms with van der Waals surface area (Å²) in [5.41, 5.74) is 1.69. The molecule has 0 aliphatic carbocycles. The minimum atomic E-state index is -3.12. The second-order valence-electron chi connectivity index (χ2n) is 5.06. The molecule has 1 heterocycles. The van der Waals surface area contributed by atoms with Crippen LogP contribution in [0.3, 0.4) is 0 Å². The van der Waals surface area contributed by atoms with Crippen molar-refractivity contribution in [1.82, 2.24) is 0 Å². The van der Waals surface area contributed by atoms with Crippen molar-refractivity contribution in [2.45, 2.75) is 25.3 Å². The lowest BCUT2D eigenvalue weighted by molar-refractivity contribution is 0.198. The van der Waals surface area contributed by atoms with E-state index in [2.05, 4.69) is 15.9 Å². The number of nitrogens with zero attached hydrogens (tertiary/aromatic N) is 1. The van der Waals surface area contributed by atoms with Crippen LogP contribution in [0.25, 0.3) is 0 Å². The fourth-order valence-electron chi connectivity index (χ4n) is 2.40. The van der Waals surface area contributed by atoms with E-state index >= 15 is 0 Å². The van der Waals surface area contributed by atoms with Gasteiger partial charge in [-0.1, -0.05) is 28.9 Å². The third kappa shape index (κ3) is 3.75. The third-order valence-corrected chi connectivity index (χ3v) is 7.64. The number of aliphatic hydroxyl groups is 1. The number of hydrogen-bond donors (Lipinski definition) is 1. The van der Waals surface area contributed by atoms with Gasteiger partial charge < -0.3 is 10.0 Å². The zero-order chi connectivity index (χ0) is 15.6. The Morgan fingerprint density at radius 3 is 2.81 bits per heavy atom. The van der Waals surface area contributed by atoms with Crippen LogP contribution in [-0.2, 0) is 9.84 Å². The van der Waals surface area contributed by atoms with Crippen molar-refractivity contribution in [2.24, 2.45) is 0 Å². The smallest absolute Gasteiger partial charge is 0.171 e. The van der Waals surface area contributed by atoms with Gasteiger partial charge in [-0.25, -0.2) is 8.42 Å². The van der Waals surface area contributed by atoms with Crippen LogP contribution in [0.1, 0.15) is 25.5 Å². The number of benzene rings is 1. The first kappa shape index (κ1) is 17.1. The minimum Gasteiger partial charge on any atom is -0.389 e. The van der Waals surface area contributed by atoms with Crippen molar-refractivity contribution in [3.8, 4) is 0 Å². The van der Waals surface area contributed by atoms with Crippen molar-refractivity contribution in [3.05, 3.63) is 28.2 Å². The molecule has 21 heavy (non-hydrogen) atoms. The Morgan fingerprint density at radius 1 is 1.52 bits per heavy atom. The van der Waals surface area contributed by atoms with Crippen LogP contribution in [0.5, 0.6) is 0 Å². The topological polar surface area (TPSA) is 57.6 Å². The van der Waals surface area contributed by atoms with E-state index < -0.39 is 21.3 Å². The van der Waals surface area contributed by atoms with Gasteiger partial charge in [0.15, 0.2) is 9.84 Å². The highest BCUT2D eigenvalue weighted by molar-refractivity contribution is 9.10. The lowest BCUT2D eigenvalue weighted by atomic mass is 10.1. The van der Waals surface area contributed by atoms with Gasteiger partial charge in [0.05, 0.1) is 6.10 Å². The zero-order valence-electron chi connectivity index (χ0n) is 12.1. The average molecular weight is 394 g/mol. The van der Waals surface area contributed by atoms with Crippen LogP contribution in [0, 0.1) is 0 Å². The van der Waals surface area contributed by atoms with Gasteiger partial charge in [-0.3, -0.25) is 0 Å². The second kappa shape index (κ2) is 6.89. The highest BCUT2D eigenvalue weighted by Gasteiger charge is 2.33. The van der Waals surface area contributed by atoms with Gasteiger partial charge in [0.25, 0.3) is 0 Å². The molecule has 4 nitrogen and oxygen atoms in total. The van der Waals surface area contributed by atoms with Gasteiger partial charge in [-0.15, -0.1) is 0 Å². The molecule has 0 bridgehead atoms. The first-order valence-corrected chi connectivity index (χ1v) is 10.6. The molecule has 0 spiro atoms. The molecule has 1 aliphatic rings. The molecule has 1 fully saturated rings. The molecular formula is C14H20BrNO3S2. The summed E-state index contributed by atoms with van der Waals surface area (Å²) in [6, 6.07) is 5.64. The molecule has 1 saturated heterocycles. The Hall–Kier alpha value is -0.240. The first-order valence-electron chi connectivity index (χ1n) is 6.90.